The number of hydrogen-bond acceptors (Lipinski definition) is 6. The minimum Gasteiger partial charge on any atom is -0.490 e. The van der Waals surface area contributed by atoms with E-state index >= 15 is 0 Å². The first-order valence-corrected chi connectivity index (χ1v) is 12.1. The Balaban J connectivity index is 1.71. The number of hydrogen-bond donors (Lipinski definition) is 0. The Morgan fingerprint density at radius 2 is 1.97 bits per heavy atom. The number of benzene rings is 2. The van der Waals surface area contributed by atoms with Gasteiger partial charge in [0.25, 0.3) is 5.91 Å². The van der Waals surface area contributed by atoms with Crippen molar-refractivity contribution < 1.29 is 22.4 Å². The van der Waals surface area contributed by atoms with E-state index in [1.807, 2.05) is 0 Å². The monoisotopic (exact) mass is 451 g/mol. The number of nitrogens with zero attached hydrogens (tertiary/aromatic N) is 1. The van der Waals surface area contributed by atoms with Crippen LogP contribution in [0.25, 0.3) is 11.0 Å². The topological polar surface area (TPSA) is 93.9 Å². The van der Waals surface area contributed by atoms with Crippen LogP contribution in [0.1, 0.15) is 34.1 Å². The molecule has 0 N–H and O–H groups in total. The zero-order valence-corrected chi connectivity index (χ0v) is 18.0. The van der Waals surface area contributed by atoms with Gasteiger partial charge in [0, 0.05) is 6.04 Å². The van der Waals surface area contributed by atoms with Crippen LogP contribution < -0.4 is 10.2 Å². The van der Waals surface area contributed by atoms with Crippen LogP contribution in [0.15, 0.2) is 70.4 Å². The molecule has 1 amide bonds. The van der Waals surface area contributed by atoms with Gasteiger partial charge in [0.2, 0.25) is 5.76 Å². The molecule has 2 aliphatic heterocycles. The lowest BCUT2D eigenvalue weighted by Gasteiger charge is -2.30. The molecule has 5 rings (SSSR count). The van der Waals surface area contributed by atoms with Crippen molar-refractivity contribution in [2.75, 3.05) is 18.1 Å². The molecule has 2 atom stereocenters. The molecule has 2 aromatic carbocycles. The third-order valence-corrected chi connectivity index (χ3v) is 7.71. The number of amides is 1. The highest BCUT2D eigenvalue weighted by molar-refractivity contribution is 7.91. The summed E-state index contributed by atoms with van der Waals surface area (Å²) in [5.41, 5.74) is 0.928. The van der Waals surface area contributed by atoms with E-state index in [2.05, 4.69) is 6.58 Å². The molecule has 1 fully saturated rings. The van der Waals surface area contributed by atoms with Gasteiger partial charge in [-0.2, -0.15) is 0 Å². The Hall–Kier alpha value is -3.39. The molecule has 7 nitrogen and oxygen atoms in total. The van der Waals surface area contributed by atoms with Gasteiger partial charge in [0.05, 0.1) is 28.5 Å². The second kappa shape index (κ2) is 7.63. The number of carbonyl (C=O) groups excluding carboxylic acids is 1. The zero-order valence-electron chi connectivity index (χ0n) is 17.2. The molecule has 32 heavy (non-hydrogen) atoms. The summed E-state index contributed by atoms with van der Waals surface area (Å²) in [6, 6.07) is 12.6. The van der Waals surface area contributed by atoms with E-state index in [1.54, 1.807) is 54.6 Å². The Bertz CT molecular complexity index is 1410. The van der Waals surface area contributed by atoms with Crippen molar-refractivity contribution in [1.82, 2.24) is 4.90 Å². The molecule has 0 spiro atoms. The molecule has 1 saturated heterocycles. The first-order chi connectivity index (χ1) is 15.4. The minimum atomic E-state index is -3.26. The normalized spacial score (nSPS) is 21.6. The summed E-state index contributed by atoms with van der Waals surface area (Å²) in [7, 11) is -3.26. The molecule has 2 unspecified atom stereocenters. The van der Waals surface area contributed by atoms with Gasteiger partial charge >= 0.3 is 0 Å². The molecule has 0 aliphatic carbocycles. The van der Waals surface area contributed by atoms with Gasteiger partial charge in [-0.25, -0.2) is 8.42 Å². The minimum absolute atomic E-state index is 0.0103. The third-order valence-electron chi connectivity index (χ3n) is 5.96. The maximum absolute atomic E-state index is 13.5. The Kier molecular flexibility index (Phi) is 4.89. The Labute approximate surface area is 184 Å². The van der Waals surface area contributed by atoms with Crippen LogP contribution in [0, 0.1) is 0 Å². The van der Waals surface area contributed by atoms with Gasteiger partial charge in [-0.15, -0.1) is 0 Å². The lowest BCUT2D eigenvalue weighted by atomic mass is 9.97. The van der Waals surface area contributed by atoms with E-state index in [-0.39, 0.29) is 28.3 Å². The van der Waals surface area contributed by atoms with Gasteiger partial charge in [0.1, 0.15) is 17.9 Å². The molecule has 0 radical (unpaired) electrons. The van der Waals surface area contributed by atoms with Crippen LogP contribution in [0.5, 0.6) is 5.75 Å². The summed E-state index contributed by atoms with van der Waals surface area (Å²) < 4.78 is 35.9. The van der Waals surface area contributed by atoms with E-state index < -0.39 is 27.8 Å². The van der Waals surface area contributed by atoms with Crippen molar-refractivity contribution in [1.29, 1.82) is 0 Å². The molecular formula is C24H21NO6S. The van der Waals surface area contributed by atoms with Crippen molar-refractivity contribution in [2.45, 2.75) is 18.5 Å². The standard InChI is InChI=1S/C24H21NO6S/c1-2-11-30-17-7-5-6-15(13-17)21-20-22(26)18-8-3-4-9-19(18)31-23(20)24(27)25(21)16-10-12-32(28,29)14-16/h2-9,13,16,21H,1,10-12,14H2. The van der Waals surface area contributed by atoms with E-state index in [4.69, 9.17) is 9.15 Å². The average molecular weight is 452 g/mol. The molecule has 3 aromatic rings. The zero-order chi connectivity index (χ0) is 22.5. The number of carbonyl (C=O) groups is 1. The second-order valence-corrected chi connectivity index (χ2v) is 10.2. The quantitative estimate of drug-likeness (QED) is 0.554. The van der Waals surface area contributed by atoms with Gasteiger partial charge in [-0.05, 0) is 36.2 Å². The smallest absolute Gasteiger partial charge is 0.291 e. The predicted molar refractivity (Wildman–Crippen MR) is 120 cm³/mol. The fraction of sp³-hybridized carbons (Fsp3) is 0.250. The van der Waals surface area contributed by atoms with Gasteiger partial charge < -0.3 is 14.1 Å². The van der Waals surface area contributed by atoms with Crippen LogP contribution in [-0.4, -0.2) is 43.4 Å². The summed E-state index contributed by atoms with van der Waals surface area (Å²) in [4.78, 5) is 28.5. The summed E-state index contributed by atoms with van der Waals surface area (Å²) in [6.07, 6.45) is 1.94. The van der Waals surface area contributed by atoms with Crippen LogP contribution >= 0.6 is 0 Å². The van der Waals surface area contributed by atoms with Crippen molar-refractivity contribution >= 4 is 26.7 Å². The molecule has 1 aromatic heterocycles. The van der Waals surface area contributed by atoms with Crippen molar-refractivity contribution in [2.24, 2.45) is 0 Å². The number of rotatable bonds is 5. The first kappa shape index (κ1) is 20.5. The highest BCUT2D eigenvalue weighted by Gasteiger charge is 2.48. The van der Waals surface area contributed by atoms with Crippen LogP contribution in [0.4, 0.5) is 0 Å². The maximum Gasteiger partial charge on any atom is 0.291 e. The van der Waals surface area contributed by atoms with E-state index in [0.717, 1.165) is 0 Å². The lowest BCUT2D eigenvalue weighted by Crippen LogP contribution is -2.40. The summed E-state index contributed by atoms with van der Waals surface area (Å²) in [5.74, 6) is -0.0554. The molecule has 3 heterocycles. The number of para-hydroxylation sites is 1. The summed E-state index contributed by atoms with van der Waals surface area (Å²) in [6.45, 7) is 3.95. The largest absolute Gasteiger partial charge is 0.490 e. The van der Waals surface area contributed by atoms with Crippen molar-refractivity contribution in [3.8, 4) is 5.75 Å². The van der Waals surface area contributed by atoms with Crippen molar-refractivity contribution in [3.63, 3.8) is 0 Å². The molecule has 2 aliphatic rings. The van der Waals surface area contributed by atoms with E-state index in [9.17, 15) is 18.0 Å². The van der Waals surface area contributed by atoms with E-state index in [0.29, 0.717) is 35.3 Å². The molecule has 0 bridgehead atoms. The summed E-state index contributed by atoms with van der Waals surface area (Å²) in [5, 5.41) is 0.379. The highest BCUT2D eigenvalue weighted by Crippen LogP contribution is 2.42. The third kappa shape index (κ3) is 3.31. The fourth-order valence-electron chi connectivity index (χ4n) is 4.57. The number of ether oxygens (including phenoxy) is 1. The second-order valence-electron chi connectivity index (χ2n) is 8.01. The molecule has 8 heteroatoms. The van der Waals surface area contributed by atoms with Crippen LogP contribution in [-0.2, 0) is 9.84 Å². The fourth-order valence-corrected chi connectivity index (χ4v) is 6.28. The van der Waals surface area contributed by atoms with Crippen LogP contribution in [0.2, 0.25) is 0 Å². The first-order valence-electron chi connectivity index (χ1n) is 10.3. The number of fused-ring (bicyclic) bond motifs is 2. The van der Waals surface area contributed by atoms with E-state index in [1.165, 1.54) is 4.90 Å². The lowest BCUT2D eigenvalue weighted by molar-refractivity contribution is 0.0662. The van der Waals surface area contributed by atoms with Gasteiger partial charge in [-0.3, -0.25) is 9.59 Å². The van der Waals surface area contributed by atoms with Crippen molar-refractivity contribution in [3.05, 3.63) is 88.3 Å². The SMILES string of the molecule is C=CCOc1cccc(C2c3c(oc4ccccc4c3=O)C(=O)N2C2CCS(=O)(=O)C2)c1. The van der Waals surface area contributed by atoms with Gasteiger partial charge in [0.15, 0.2) is 15.3 Å². The summed E-state index contributed by atoms with van der Waals surface area (Å²) >= 11 is 0. The maximum atomic E-state index is 13.5. The molecule has 164 valence electrons. The van der Waals surface area contributed by atoms with Crippen LogP contribution in [0.3, 0.4) is 0 Å². The average Bonchev–Trinajstić information content (AvgIpc) is 3.29. The number of sulfone groups is 1. The van der Waals surface area contributed by atoms with Gasteiger partial charge in [-0.1, -0.05) is 36.9 Å². The molecule has 0 saturated carbocycles. The Morgan fingerprint density at radius 1 is 1.16 bits per heavy atom. The molecular weight excluding hydrogens is 430 g/mol. The predicted octanol–water partition coefficient (Wildman–Crippen LogP) is 3.09. The Morgan fingerprint density at radius 3 is 2.72 bits per heavy atom. The highest BCUT2D eigenvalue weighted by atomic mass is 32.2.